The highest BCUT2D eigenvalue weighted by Crippen LogP contribution is 2.31. The van der Waals surface area contributed by atoms with Crippen molar-refractivity contribution < 1.29 is 38.6 Å². The molecule has 1 aliphatic rings. The van der Waals surface area contributed by atoms with E-state index in [1.807, 2.05) is 46.6 Å². The van der Waals surface area contributed by atoms with Crippen LogP contribution in [-0.2, 0) is 28.7 Å². The van der Waals surface area contributed by atoms with Gasteiger partial charge in [0.2, 0.25) is 11.8 Å². The van der Waals surface area contributed by atoms with Crippen molar-refractivity contribution in [2.24, 2.45) is 11.8 Å². The Labute approximate surface area is 258 Å². The fraction of sp³-hybridized carbons (Fsp3) is 0.733. The van der Waals surface area contributed by atoms with Gasteiger partial charge in [-0.1, -0.05) is 47.5 Å². The van der Waals surface area contributed by atoms with Gasteiger partial charge in [0, 0.05) is 31.2 Å². The Morgan fingerprint density at radius 2 is 1.88 bits per heavy atom. The maximum atomic E-state index is 14.4. The number of nitrogens with zero attached hydrogens (tertiary/aromatic N) is 3. The number of piperidine rings is 1. The molecule has 1 saturated heterocycles. The molecule has 0 aromatic carbocycles. The summed E-state index contributed by atoms with van der Waals surface area (Å²) < 4.78 is 11.1. The molecule has 0 saturated carbocycles. The van der Waals surface area contributed by atoms with Crippen LogP contribution < -0.4 is 5.32 Å². The molecule has 0 aliphatic carbocycles. The third-order valence-electron chi connectivity index (χ3n) is 7.90. The number of hydrogen-bond donors (Lipinski definition) is 2. The second-order valence-corrected chi connectivity index (χ2v) is 12.5. The standard InChI is InChI=1S/C30H48N4O8S/c1-8-12-25(36)41-17-34(29(38)26(19(5)9-2)32-27(37)22-13-10-11-14-33(22)7)23(18(3)4)15-24(42-20(6)35)28-31-21(16-43-28)30(39)40/h16,18-19,22-24,26H,8-15,17H2,1-7H3,(H,32,37)(H,39,40)/t19-,22+,23?,24+,26-/m0/s1. The summed E-state index contributed by atoms with van der Waals surface area (Å²) in [6.45, 7) is 11.2. The first-order chi connectivity index (χ1) is 20.3. The van der Waals surface area contributed by atoms with Crippen molar-refractivity contribution in [2.75, 3.05) is 20.3 Å². The highest BCUT2D eigenvalue weighted by Gasteiger charge is 2.39. The number of amides is 2. The summed E-state index contributed by atoms with van der Waals surface area (Å²) in [5.74, 6) is -3.31. The molecule has 2 rings (SSSR count). The number of aromatic nitrogens is 1. The van der Waals surface area contributed by atoms with Crippen LogP contribution >= 0.6 is 11.3 Å². The number of hydrogen-bond acceptors (Lipinski definition) is 10. The maximum absolute atomic E-state index is 14.4. The van der Waals surface area contributed by atoms with Gasteiger partial charge in [0.1, 0.15) is 11.0 Å². The number of likely N-dealkylation sites (N-methyl/N-ethyl adjacent to an activating group) is 1. The summed E-state index contributed by atoms with van der Waals surface area (Å²) in [7, 11) is 1.90. The van der Waals surface area contributed by atoms with E-state index >= 15 is 0 Å². The van der Waals surface area contributed by atoms with Crippen LogP contribution in [0.25, 0.3) is 0 Å². The van der Waals surface area contributed by atoms with Crippen molar-refractivity contribution in [3.63, 3.8) is 0 Å². The van der Waals surface area contributed by atoms with Crippen molar-refractivity contribution in [1.82, 2.24) is 20.1 Å². The molecule has 2 heterocycles. The van der Waals surface area contributed by atoms with Gasteiger partial charge in [-0.3, -0.25) is 24.1 Å². The van der Waals surface area contributed by atoms with E-state index in [2.05, 4.69) is 10.3 Å². The monoisotopic (exact) mass is 624 g/mol. The molecule has 1 aromatic rings. The Balaban J connectivity index is 2.48. The van der Waals surface area contributed by atoms with E-state index in [0.29, 0.717) is 19.3 Å². The summed E-state index contributed by atoms with van der Waals surface area (Å²) in [5.41, 5.74) is -0.174. The summed E-state index contributed by atoms with van der Waals surface area (Å²) in [4.78, 5) is 71.4. The SMILES string of the molecule is CCCC(=O)OCN(C(=O)[C@@H](NC(=O)[C@H]1CCCCN1C)[C@@H](C)CC)C(C[C@@H](OC(C)=O)c1nc(C(=O)O)cs1)C(C)C. The van der Waals surface area contributed by atoms with E-state index in [9.17, 15) is 29.1 Å². The molecule has 0 bridgehead atoms. The number of ether oxygens (including phenoxy) is 2. The molecule has 43 heavy (non-hydrogen) atoms. The molecular weight excluding hydrogens is 576 g/mol. The van der Waals surface area contributed by atoms with Gasteiger partial charge in [0.05, 0.1) is 6.04 Å². The predicted molar refractivity (Wildman–Crippen MR) is 161 cm³/mol. The number of rotatable bonds is 16. The predicted octanol–water partition coefficient (Wildman–Crippen LogP) is 4.00. The highest BCUT2D eigenvalue weighted by atomic mass is 32.1. The minimum absolute atomic E-state index is 0.0768. The van der Waals surface area contributed by atoms with E-state index < -0.39 is 42.0 Å². The Morgan fingerprint density at radius 1 is 1.19 bits per heavy atom. The van der Waals surface area contributed by atoms with Crippen molar-refractivity contribution in [3.8, 4) is 0 Å². The summed E-state index contributed by atoms with van der Waals surface area (Å²) in [6, 6.07) is -1.85. The molecule has 1 unspecified atom stereocenters. The van der Waals surface area contributed by atoms with Gasteiger partial charge in [-0.15, -0.1) is 11.3 Å². The second-order valence-electron chi connectivity index (χ2n) is 11.6. The highest BCUT2D eigenvalue weighted by molar-refractivity contribution is 7.09. The fourth-order valence-corrected chi connectivity index (χ4v) is 6.00. The molecule has 5 atom stereocenters. The molecule has 2 amide bonds. The normalized spacial score (nSPS) is 18.3. The van der Waals surface area contributed by atoms with Gasteiger partial charge >= 0.3 is 17.9 Å². The minimum Gasteiger partial charge on any atom is -0.476 e. The van der Waals surface area contributed by atoms with Crippen LogP contribution in [-0.4, -0.2) is 88.1 Å². The van der Waals surface area contributed by atoms with Gasteiger partial charge in [0.25, 0.3) is 0 Å². The number of carbonyl (C=O) groups is 5. The van der Waals surface area contributed by atoms with Crippen LogP contribution in [0.5, 0.6) is 0 Å². The number of carboxylic acid groups (broad SMARTS) is 1. The van der Waals surface area contributed by atoms with Gasteiger partial charge in [-0.2, -0.15) is 0 Å². The minimum atomic E-state index is -1.21. The number of thiazole rings is 1. The van der Waals surface area contributed by atoms with Crippen LogP contribution in [0.2, 0.25) is 0 Å². The Kier molecular flexibility index (Phi) is 14.5. The second kappa shape index (κ2) is 17.3. The first kappa shape index (κ1) is 36.1. The zero-order valence-corrected chi connectivity index (χ0v) is 27.3. The lowest BCUT2D eigenvalue weighted by Crippen LogP contribution is -2.59. The lowest BCUT2D eigenvalue weighted by Gasteiger charge is -2.39. The third-order valence-corrected chi connectivity index (χ3v) is 8.84. The number of carboxylic acids is 1. The molecule has 13 heteroatoms. The van der Waals surface area contributed by atoms with Crippen molar-refractivity contribution in [3.05, 3.63) is 16.1 Å². The van der Waals surface area contributed by atoms with Crippen molar-refractivity contribution >= 4 is 41.1 Å². The van der Waals surface area contributed by atoms with Crippen molar-refractivity contribution in [1.29, 1.82) is 0 Å². The van der Waals surface area contributed by atoms with E-state index in [-0.39, 0.29) is 54.1 Å². The largest absolute Gasteiger partial charge is 0.476 e. The van der Waals surface area contributed by atoms with Gasteiger partial charge in [-0.25, -0.2) is 9.78 Å². The molecule has 242 valence electrons. The van der Waals surface area contributed by atoms with E-state index in [1.165, 1.54) is 17.2 Å². The van der Waals surface area contributed by atoms with Crippen LogP contribution in [0.15, 0.2) is 5.38 Å². The number of carbonyl (C=O) groups excluding carboxylic acids is 4. The summed E-state index contributed by atoms with van der Waals surface area (Å²) in [6.07, 6.45) is 3.14. The zero-order chi connectivity index (χ0) is 32.3. The molecule has 12 nitrogen and oxygen atoms in total. The van der Waals surface area contributed by atoms with Crippen LogP contribution in [0.3, 0.4) is 0 Å². The lowest BCUT2D eigenvalue weighted by molar-refractivity contribution is -0.160. The van der Waals surface area contributed by atoms with Crippen molar-refractivity contribution in [2.45, 2.75) is 111 Å². The van der Waals surface area contributed by atoms with Gasteiger partial charge in [0.15, 0.2) is 18.5 Å². The molecule has 2 N–H and O–H groups in total. The zero-order valence-electron chi connectivity index (χ0n) is 26.5. The molecule has 0 radical (unpaired) electrons. The number of esters is 2. The number of nitrogens with one attached hydrogen (secondary N) is 1. The Hall–Kier alpha value is -3.06. The topological polar surface area (TPSA) is 155 Å². The van der Waals surface area contributed by atoms with E-state index in [0.717, 1.165) is 30.7 Å². The average Bonchev–Trinajstić information content (AvgIpc) is 3.45. The smallest absolute Gasteiger partial charge is 0.355 e. The van der Waals surface area contributed by atoms with E-state index in [1.54, 1.807) is 0 Å². The molecular formula is C30H48N4O8S. The first-order valence-electron chi connectivity index (χ1n) is 15.1. The lowest BCUT2D eigenvalue weighted by atomic mass is 9.92. The van der Waals surface area contributed by atoms with Crippen LogP contribution in [0.4, 0.5) is 0 Å². The quantitative estimate of drug-likeness (QED) is 0.204. The van der Waals surface area contributed by atoms with Crippen LogP contribution in [0, 0.1) is 11.8 Å². The van der Waals surface area contributed by atoms with Gasteiger partial charge in [-0.05, 0) is 44.7 Å². The average molecular weight is 625 g/mol. The first-order valence-corrected chi connectivity index (χ1v) is 16.0. The maximum Gasteiger partial charge on any atom is 0.355 e. The third kappa shape index (κ3) is 10.6. The molecule has 1 aliphatic heterocycles. The molecule has 1 aromatic heterocycles. The summed E-state index contributed by atoms with van der Waals surface area (Å²) in [5, 5.41) is 14.0. The number of aromatic carboxylic acids is 1. The van der Waals surface area contributed by atoms with E-state index in [4.69, 9.17) is 9.47 Å². The van der Waals surface area contributed by atoms with Gasteiger partial charge < -0.3 is 24.8 Å². The molecule has 1 fully saturated rings. The Bertz CT molecular complexity index is 1110. The van der Waals surface area contributed by atoms with Crippen LogP contribution in [0.1, 0.15) is 108 Å². The molecule has 0 spiro atoms. The summed E-state index contributed by atoms with van der Waals surface area (Å²) >= 11 is 1.05. The number of likely N-dealkylation sites (tertiary alicyclic amines) is 1. The Morgan fingerprint density at radius 3 is 2.42 bits per heavy atom. The fourth-order valence-electron chi connectivity index (χ4n) is 5.17.